The zero-order chi connectivity index (χ0) is 47.3. The van der Waals surface area contributed by atoms with Crippen molar-refractivity contribution in [1.29, 1.82) is 0 Å². The van der Waals surface area contributed by atoms with Crippen LogP contribution in [0.3, 0.4) is 0 Å². The molecule has 1 aromatic carbocycles. The number of unbranched alkanes of at least 4 members (excludes halogenated alkanes) is 1. The van der Waals surface area contributed by atoms with E-state index in [1.54, 1.807) is 44.2 Å². The second-order valence-electron chi connectivity index (χ2n) is 14.9. The zero-order valence-electron chi connectivity index (χ0n) is 35.5. The van der Waals surface area contributed by atoms with Crippen molar-refractivity contribution in [3.63, 3.8) is 0 Å². The molecule has 0 aromatic heterocycles. The molecule has 62 heavy (non-hydrogen) atoms. The standard InChI is InChI=1S/C39H62N10O13/c1-6-19(2)30(48-38(60)31(22(5)50)49-34(56)24(41)16-23-12-8-7-9-13-23)37(59)45-25(14-10-11-15-40)35(57)44-20(3)32(54)43-21(4)33(55)46-26(17-28(42)51)36(58)47-27(39(61)62)18-29(52)53/h7-9,12-13,19-22,24-27,30-31,50H,6,10-11,14-18,40-41H2,1-5H3,(H2,42,51)(H,43,54)(H,44,57)(H,45,59)(H,46,55)(H,47,58)(H,48,60)(H,49,56)(H,52,53)(H,61,62)/t19-,20-,21-,22+,24-,25-,26-,27-,30-,31-/m0/s1. The number of carboxylic acids is 2. The summed E-state index contributed by atoms with van der Waals surface area (Å²) in [6.45, 7) is 7.42. The van der Waals surface area contributed by atoms with E-state index >= 15 is 0 Å². The molecule has 0 heterocycles. The van der Waals surface area contributed by atoms with Crippen molar-refractivity contribution in [2.24, 2.45) is 23.1 Å². The highest BCUT2D eigenvalue weighted by molar-refractivity contribution is 5.98. The minimum Gasteiger partial charge on any atom is -0.481 e. The lowest BCUT2D eigenvalue weighted by molar-refractivity contribution is -0.147. The van der Waals surface area contributed by atoms with Crippen LogP contribution in [0.25, 0.3) is 0 Å². The molecule has 0 aliphatic carbocycles. The Morgan fingerprint density at radius 2 is 1.11 bits per heavy atom. The Bertz CT molecular complexity index is 1730. The van der Waals surface area contributed by atoms with Gasteiger partial charge in [0.25, 0.3) is 0 Å². The Morgan fingerprint density at radius 3 is 1.63 bits per heavy atom. The van der Waals surface area contributed by atoms with Gasteiger partial charge in [0.1, 0.15) is 42.3 Å². The number of benzene rings is 1. The monoisotopic (exact) mass is 878 g/mol. The van der Waals surface area contributed by atoms with Crippen LogP contribution >= 0.6 is 0 Å². The van der Waals surface area contributed by atoms with Gasteiger partial charge in [0.15, 0.2) is 0 Å². The minimum absolute atomic E-state index is 0.0489. The number of carbonyl (C=O) groups is 10. The molecule has 0 unspecified atom stereocenters. The Balaban J connectivity index is 3.09. The van der Waals surface area contributed by atoms with E-state index in [1.807, 2.05) is 5.32 Å². The lowest BCUT2D eigenvalue weighted by Gasteiger charge is -2.29. The molecule has 346 valence electrons. The number of nitrogens with two attached hydrogens (primary N) is 3. The van der Waals surface area contributed by atoms with E-state index in [9.17, 15) is 58.2 Å². The SMILES string of the molecule is CC[C@H](C)[C@H](NC(=O)[C@@H](NC(=O)[C@@H](N)Cc1ccccc1)[C@@H](C)O)C(=O)N[C@@H](CCCCN)C(=O)N[C@@H](C)C(=O)N[C@@H](C)C(=O)N[C@@H](CC(N)=O)C(=O)N[C@@H](CC(=O)O)C(=O)O. The van der Waals surface area contributed by atoms with Gasteiger partial charge in [-0.1, -0.05) is 50.6 Å². The van der Waals surface area contributed by atoms with E-state index in [4.69, 9.17) is 22.3 Å². The fourth-order valence-electron chi connectivity index (χ4n) is 5.73. The van der Waals surface area contributed by atoms with Gasteiger partial charge in [0.2, 0.25) is 47.3 Å². The van der Waals surface area contributed by atoms with Crippen molar-refractivity contribution >= 4 is 59.2 Å². The predicted octanol–water partition coefficient (Wildman–Crippen LogP) is -4.02. The van der Waals surface area contributed by atoms with Gasteiger partial charge in [-0.2, -0.15) is 0 Å². The summed E-state index contributed by atoms with van der Waals surface area (Å²) in [5.41, 5.74) is 17.7. The summed E-state index contributed by atoms with van der Waals surface area (Å²) >= 11 is 0. The van der Waals surface area contributed by atoms with E-state index in [1.165, 1.54) is 20.8 Å². The van der Waals surface area contributed by atoms with Crippen molar-refractivity contribution in [1.82, 2.24) is 37.2 Å². The second kappa shape index (κ2) is 26.9. The first-order valence-electron chi connectivity index (χ1n) is 20.1. The normalized spacial score (nSPS) is 15.8. The summed E-state index contributed by atoms with van der Waals surface area (Å²) in [5, 5.41) is 45.1. The highest BCUT2D eigenvalue weighted by atomic mass is 16.4. The molecular formula is C39H62N10O13. The molecule has 23 heteroatoms. The summed E-state index contributed by atoms with van der Waals surface area (Å²) in [6, 6.07) is -2.61. The first-order valence-corrected chi connectivity index (χ1v) is 20.1. The quantitative estimate of drug-likeness (QED) is 0.0357. The third-order valence-electron chi connectivity index (χ3n) is 9.61. The Morgan fingerprint density at radius 1 is 0.613 bits per heavy atom. The van der Waals surface area contributed by atoms with E-state index < -0.39 is 132 Å². The summed E-state index contributed by atoms with van der Waals surface area (Å²) < 4.78 is 0. The lowest BCUT2D eigenvalue weighted by atomic mass is 9.96. The maximum atomic E-state index is 13.8. The molecule has 0 aliphatic rings. The summed E-state index contributed by atoms with van der Waals surface area (Å²) in [5.74, 6) is -11.3. The summed E-state index contributed by atoms with van der Waals surface area (Å²) in [6.07, 6.45) is -1.84. The van der Waals surface area contributed by atoms with Crippen molar-refractivity contribution in [2.75, 3.05) is 6.54 Å². The van der Waals surface area contributed by atoms with Crippen LogP contribution in [0.2, 0.25) is 0 Å². The number of aliphatic carboxylic acids is 2. The molecular weight excluding hydrogens is 816 g/mol. The topological polar surface area (TPSA) is 394 Å². The van der Waals surface area contributed by atoms with Crippen LogP contribution in [0.15, 0.2) is 30.3 Å². The van der Waals surface area contributed by atoms with E-state index in [2.05, 4.69) is 31.9 Å². The van der Waals surface area contributed by atoms with E-state index in [-0.39, 0.29) is 19.4 Å². The number of carbonyl (C=O) groups excluding carboxylic acids is 8. The van der Waals surface area contributed by atoms with Crippen LogP contribution in [-0.2, 0) is 54.4 Å². The number of hydrogen-bond acceptors (Lipinski definition) is 13. The fraction of sp³-hybridized carbons (Fsp3) is 0.590. The van der Waals surface area contributed by atoms with Crippen LogP contribution in [-0.4, -0.2) is 135 Å². The first kappa shape index (κ1) is 53.8. The number of amides is 8. The van der Waals surface area contributed by atoms with Crippen LogP contribution in [0, 0.1) is 5.92 Å². The average molecular weight is 879 g/mol. The van der Waals surface area contributed by atoms with E-state index in [0.717, 1.165) is 5.56 Å². The number of rotatable bonds is 28. The number of primary amides is 1. The minimum atomic E-state index is -1.91. The molecule has 0 aliphatic heterocycles. The molecule has 23 nitrogen and oxygen atoms in total. The van der Waals surface area contributed by atoms with Crippen molar-refractivity contribution < 1.29 is 63.3 Å². The van der Waals surface area contributed by atoms with Crippen molar-refractivity contribution in [3.8, 4) is 0 Å². The molecule has 8 amide bonds. The largest absolute Gasteiger partial charge is 0.481 e. The second-order valence-corrected chi connectivity index (χ2v) is 14.9. The molecule has 0 radical (unpaired) electrons. The Labute approximate surface area is 358 Å². The van der Waals surface area contributed by atoms with Crippen LogP contribution in [0.1, 0.15) is 78.7 Å². The predicted molar refractivity (Wildman–Crippen MR) is 221 cm³/mol. The highest BCUT2D eigenvalue weighted by Gasteiger charge is 2.36. The van der Waals surface area contributed by atoms with Crippen molar-refractivity contribution in [2.45, 2.75) is 134 Å². The van der Waals surface area contributed by atoms with Gasteiger partial charge in [-0.15, -0.1) is 0 Å². The molecule has 1 aromatic rings. The summed E-state index contributed by atoms with van der Waals surface area (Å²) in [4.78, 5) is 127. The number of carboxylic acid groups (broad SMARTS) is 2. The maximum absolute atomic E-state index is 13.8. The van der Waals surface area contributed by atoms with Gasteiger partial charge in [0, 0.05) is 0 Å². The van der Waals surface area contributed by atoms with Gasteiger partial charge in [0.05, 0.1) is 25.0 Å². The molecule has 1 rings (SSSR count). The molecule has 0 bridgehead atoms. The molecule has 16 N–H and O–H groups in total. The van der Waals surface area contributed by atoms with Gasteiger partial charge >= 0.3 is 11.9 Å². The third-order valence-corrected chi connectivity index (χ3v) is 9.61. The number of aliphatic hydroxyl groups excluding tert-OH is 1. The van der Waals surface area contributed by atoms with Crippen molar-refractivity contribution in [3.05, 3.63) is 35.9 Å². The molecule has 10 atom stereocenters. The Hall–Kier alpha value is -6.20. The van der Waals surface area contributed by atoms with Gasteiger partial charge in [-0.25, -0.2) is 4.79 Å². The van der Waals surface area contributed by atoms with Crippen LogP contribution in [0.5, 0.6) is 0 Å². The smallest absolute Gasteiger partial charge is 0.326 e. The molecule has 0 saturated carbocycles. The number of nitrogens with one attached hydrogen (secondary N) is 7. The lowest BCUT2D eigenvalue weighted by Crippen LogP contribution is -2.62. The fourth-order valence-corrected chi connectivity index (χ4v) is 5.73. The van der Waals surface area contributed by atoms with Gasteiger partial charge in [-0.3, -0.25) is 43.2 Å². The number of hydrogen-bond donors (Lipinski definition) is 13. The highest BCUT2D eigenvalue weighted by Crippen LogP contribution is 2.12. The van der Waals surface area contributed by atoms with Gasteiger partial charge in [-0.05, 0) is 64.5 Å². The maximum Gasteiger partial charge on any atom is 0.326 e. The average Bonchev–Trinajstić information content (AvgIpc) is 3.19. The molecule has 0 saturated heterocycles. The molecule has 0 fully saturated rings. The zero-order valence-corrected chi connectivity index (χ0v) is 35.5. The molecule has 0 spiro atoms. The summed E-state index contributed by atoms with van der Waals surface area (Å²) in [7, 11) is 0. The van der Waals surface area contributed by atoms with Crippen LogP contribution < -0.4 is 54.4 Å². The number of aliphatic hydroxyl groups is 1. The van der Waals surface area contributed by atoms with Gasteiger partial charge < -0.3 is 69.7 Å². The van der Waals surface area contributed by atoms with E-state index in [0.29, 0.717) is 19.3 Å². The third kappa shape index (κ3) is 19.0. The Kier molecular flexibility index (Phi) is 23.3. The first-order chi connectivity index (χ1) is 29.0. The van der Waals surface area contributed by atoms with Crippen LogP contribution in [0.4, 0.5) is 0 Å².